The van der Waals surface area contributed by atoms with E-state index in [1.54, 1.807) is 11.3 Å². The SMILES string of the molecule is Cc1csc(C2(NC(=O)Nc3nnc(C4CCCCC4)s3)CCC2)n1. The van der Waals surface area contributed by atoms with Gasteiger partial charge in [0.2, 0.25) is 5.13 Å². The topological polar surface area (TPSA) is 79.8 Å². The molecule has 8 heteroatoms. The van der Waals surface area contributed by atoms with Crippen LogP contribution < -0.4 is 10.6 Å². The number of hydrogen-bond donors (Lipinski definition) is 2. The number of carbonyl (C=O) groups is 1. The lowest BCUT2D eigenvalue weighted by Crippen LogP contribution is -2.52. The van der Waals surface area contributed by atoms with Gasteiger partial charge >= 0.3 is 6.03 Å². The molecule has 134 valence electrons. The van der Waals surface area contributed by atoms with Gasteiger partial charge in [-0.3, -0.25) is 5.32 Å². The fourth-order valence-electron chi connectivity index (χ4n) is 3.64. The number of rotatable bonds is 4. The second-order valence-corrected chi connectivity index (χ2v) is 8.96. The van der Waals surface area contributed by atoms with Gasteiger partial charge < -0.3 is 5.32 Å². The van der Waals surface area contributed by atoms with E-state index in [1.807, 2.05) is 12.3 Å². The number of thiazole rings is 1. The quantitative estimate of drug-likeness (QED) is 0.819. The van der Waals surface area contributed by atoms with Gasteiger partial charge in [-0.1, -0.05) is 30.6 Å². The van der Waals surface area contributed by atoms with Crippen molar-refractivity contribution in [3.8, 4) is 0 Å². The molecule has 0 aromatic carbocycles. The molecule has 2 aliphatic carbocycles. The summed E-state index contributed by atoms with van der Waals surface area (Å²) in [6.45, 7) is 1.99. The van der Waals surface area contributed by atoms with Crippen LogP contribution >= 0.6 is 22.7 Å². The first-order valence-corrected chi connectivity index (χ1v) is 10.7. The Labute approximate surface area is 155 Å². The standard InChI is InChI=1S/C17H23N5OS2/c1-11-10-24-14(18-11)17(8-5-9-17)20-15(23)19-16-22-21-13(25-16)12-6-3-2-4-7-12/h10,12H,2-9H2,1H3,(H2,19,20,22,23). The summed E-state index contributed by atoms with van der Waals surface area (Å²) in [5.41, 5.74) is 0.703. The van der Waals surface area contributed by atoms with Crippen LogP contribution in [0.25, 0.3) is 0 Å². The van der Waals surface area contributed by atoms with Gasteiger partial charge in [0.15, 0.2) is 0 Å². The minimum atomic E-state index is -0.306. The van der Waals surface area contributed by atoms with Crippen molar-refractivity contribution < 1.29 is 4.79 Å². The predicted molar refractivity (Wildman–Crippen MR) is 100 cm³/mol. The minimum absolute atomic E-state index is 0.209. The van der Waals surface area contributed by atoms with Gasteiger partial charge in [-0.15, -0.1) is 21.5 Å². The number of carbonyl (C=O) groups excluding carboxylic acids is 1. The third-order valence-corrected chi connectivity index (χ3v) is 7.37. The Hall–Kier alpha value is -1.54. The molecule has 0 unspecified atom stereocenters. The molecule has 6 nitrogen and oxygen atoms in total. The molecule has 2 fully saturated rings. The van der Waals surface area contributed by atoms with Gasteiger partial charge in [0, 0.05) is 17.0 Å². The Kier molecular flexibility index (Phi) is 4.73. The number of amides is 2. The summed E-state index contributed by atoms with van der Waals surface area (Å²) in [5.74, 6) is 0.515. The Morgan fingerprint density at radius 1 is 1.20 bits per heavy atom. The molecule has 2 amide bonds. The molecule has 0 saturated heterocycles. The van der Waals surface area contributed by atoms with Crippen LogP contribution in [0.1, 0.15) is 73.0 Å². The molecule has 2 aliphatic rings. The van der Waals surface area contributed by atoms with Gasteiger partial charge in [0.1, 0.15) is 10.0 Å². The van der Waals surface area contributed by atoms with Crippen LogP contribution in [0, 0.1) is 6.92 Å². The smallest absolute Gasteiger partial charge is 0.321 e. The zero-order valence-electron chi connectivity index (χ0n) is 14.4. The second-order valence-electron chi connectivity index (χ2n) is 7.09. The summed E-state index contributed by atoms with van der Waals surface area (Å²) < 4.78 is 0. The van der Waals surface area contributed by atoms with Crippen molar-refractivity contribution in [2.75, 3.05) is 5.32 Å². The Morgan fingerprint density at radius 2 is 2.00 bits per heavy atom. The molecule has 0 bridgehead atoms. The van der Waals surface area contributed by atoms with Gasteiger partial charge in [-0.2, -0.15) is 0 Å². The van der Waals surface area contributed by atoms with Crippen molar-refractivity contribution in [1.29, 1.82) is 0 Å². The average Bonchev–Trinajstić information content (AvgIpc) is 3.21. The molecule has 2 saturated carbocycles. The summed E-state index contributed by atoms with van der Waals surface area (Å²) in [6.07, 6.45) is 9.23. The Bertz CT molecular complexity index is 746. The van der Waals surface area contributed by atoms with Crippen molar-refractivity contribution >= 4 is 33.8 Å². The van der Waals surface area contributed by atoms with Crippen LogP contribution in [-0.2, 0) is 5.54 Å². The number of hydrogen-bond acceptors (Lipinski definition) is 6. The number of nitrogens with zero attached hydrogens (tertiary/aromatic N) is 3. The molecular formula is C17H23N5OS2. The zero-order valence-corrected chi connectivity index (χ0v) is 16.0. The van der Waals surface area contributed by atoms with E-state index in [-0.39, 0.29) is 11.6 Å². The number of anilines is 1. The molecule has 25 heavy (non-hydrogen) atoms. The second kappa shape index (κ2) is 6.99. The van der Waals surface area contributed by atoms with E-state index < -0.39 is 0 Å². The summed E-state index contributed by atoms with van der Waals surface area (Å²) in [7, 11) is 0. The van der Waals surface area contributed by atoms with Gasteiger partial charge in [-0.25, -0.2) is 9.78 Å². The van der Waals surface area contributed by atoms with Crippen molar-refractivity contribution in [3.63, 3.8) is 0 Å². The maximum absolute atomic E-state index is 12.5. The lowest BCUT2D eigenvalue weighted by atomic mass is 9.77. The summed E-state index contributed by atoms with van der Waals surface area (Å²) >= 11 is 3.14. The van der Waals surface area contributed by atoms with Crippen molar-refractivity contribution in [3.05, 3.63) is 21.1 Å². The number of urea groups is 1. The third-order valence-electron chi connectivity index (χ3n) is 5.20. The van der Waals surface area contributed by atoms with Gasteiger partial charge in [0.05, 0.1) is 5.54 Å². The molecular weight excluding hydrogens is 354 g/mol. The summed E-state index contributed by atoms with van der Waals surface area (Å²) in [4.78, 5) is 17.1. The number of aromatic nitrogens is 3. The zero-order chi connectivity index (χ0) is 17.3. The molecule has 2 heterocycles. The predicted octanol–water partition coefficient (Wildman–Crippen LogP) is 4.55. The van der Waals surface area contributed by atoms with E-state index >= 15 is 0 Å². The first kappa shape index (κ1) is 16.9. The minimum Gasteiger partial charge on any atom is -0.326 e. The van der Waals surface area contributed by atoms with E-state index in [9.17, 15) is 4.79 Å². The van der Waals surface area contributed by atoms with Crippen LogP contribution in [0.3, 0.4) is 0 Å². The number of nitrogens with one attached hydrogen (secondary N) is 2. The summed E-state index contributed by atoms with van der Waals surface area (Å²) in [5, 5.41) is 19.2. The van der Waals surface area contributed by atoms with Crippen LogP contribution in [0.4, 0.5) is 9.93 Å². The van der Waals surface area contributed by atoms with Crippen molar-refractivity contribution in [2.45, 2.75) is 69.7 Å². The first-order valence-electron chi connectivity index (χ1n) is 9.00. The largest absolute Gasteiger partial charge is 0.326 e. The van der Waals surface area contributed by atoms with Crippen LogP contribution in [0.2, 0.25) is 0 Å². The number of aryl methyl sites for hydroxylation is 1. The molecule has 2 aromatic heterocycles. The average molecular weight is 378 g/mol. The molecule has 4 rings (SSSR count). The van der Waals surface area contributed by atoms with E-state index in [1.165, 1.54) is 43.4 Å². The monoisotopic (exact) mass is 377 g/mol. The Morgan fingerprint density at radius 3 is 2.64 bits per heavy atom. The highest BCUT2D eigenvalue weighted by Crippen LogP contribution is 2.42. The molecule has 0 aliphatic heterocycles. The lowest BCUT2D eigenvalue weighted by molar-refractivity contribution is 0.184. The Balaban J connectivity index is 1.39. The highest BCUT2D eigenvalue weighted by molar-refractivity contribution is 7.15. The van der Waals surface area contributed by atoms with Crippen molar-refractivity contribution in [1.82, 2.24) is 20.5 Å². The highest BCUT2D eigenvalue weighted by atomic mass is 32.1. The molecule has 0 spiro atoms. The maximum Gasteiger partial charge on any atom is 0.321 e. The first-order chi connectivity index (χ1) is 12.1. The summed E-state index contributed by atoms with van der Waals surface area (Å²) in [6, 6.07) is -0.209. The molecule has 2 aromatic rings. The van der Waals surface area contributed by atoms with Crippen LogP contribution in [-0.4, -0.2) is 21.2 Å². The van der Waals surface area contributed by atoms with E-state index in [2.05, 4.69) is 25.8 Å². The van der Waals surface area contributed by atoms with E-state index in [0.29, 0.717) is 11.0 Å². The normalized spacial score (nSPS) is 20.0. The molecule has 2 N–H and O–H groups in total. The maximum atomic E-state index is 12.5. The highest BCUT2D eigenvalue weighted by Gasteiger charge is 2.42. The van der Waals surface area contributed by atoms with Gasteiger partial charge in [-0.05, 0) is 39.0 Å². The van der Waals surface area contributed by atoms with Gasteiger partial charge in [0.25, 0.3) is 0 Å². The lowest BCUT2D eigenvalue weighted by Gasteiger charge is -2.40. The fourth-order valence-corrected chi connectivity index (χ4v) is 5.56. The van der Waals surface area contributed by atoms with Crippen LogP contribution in [0.15, 0.2) is 5.38 Å². The molecule has 0 atom stereocenters. The molecule has 0 radical (unpaired) electrons. The van der Waals surface area contributed by atoms with Crippen molar-refractivity contribution in [2.24, 2.45) is 0 Å². The van der Waals surface area contributed by atoms with Crippen LogP contribution in [0.5, 0.6) is 0 Å². The fraction of sp³-hybridized carbons (Fsp3) is 0.647. The van der Waals surface area contributed by atoms with E-state index in [4.69, 9.17) is 0 Å². The van der Waals surface area contributed by atoms with E-state index in [0.717, 1.165) is 35.0 Å². The third kappa shape index (κ3) is 3.55.